The van der Waals surface area contributed by atoms with Crippen LogP contribution in [0.4, 0.5) is 0 Å². The zero-order valence-corrected chi connectivity index (χ0v) is 20.0. The first-order valence-corrected chi connectivity index (χ1v) is 12.4. The molecule has 0 unspecified atom stereocenters. The van der Waals surface area contributed by atoms with Crippen LogP contribution in [-0.2, 0) is 11.2 Å². The molecule has 0 aliphatic heterocycles. The van der Waals surface area contributed by atoms with Gasteiger partial charge in [0.2, 0.25) is 0 Å². The summed E-state index contributed by atoms with van der Waals surface area (Å²) in [4.78, 5) is 0. The molecule has 0 aliphatic carbocycles. The first kappa shape index (κ1) is 22.6. The maximum Gasteiger partial charge on any atom is 0.118 e. The predicted molar refractivity (Wildman–Crippen MR) is 132 cm³/mol. The van der Waals surface area contributed by atoms with Crippen LogP contribution in [0.5, 0.6) is 11.5 Å². The van der Waals surface area contributed by atoms with Crippen LogP contribution in [0.3, 0.4) is 0 Å². The molecule has 0 fully saturated rings. The highest BCUT2D eigenvalue weighted by molar-refractivity contribution is 8.76. The van der Waals surface area contributed by atoms with Gasteiger partial charge in [-0.1, -0.05) is 90.9 Å². The lowest BCUT2D eigenvalue weighted by atomic mass is 9.87. The van der Waals surface area contributed by atoms with Crippen molar-refractivity contribution in [1.29, 1.82) is 0 Å². The summed E-state index contributed by atoms with van der Waals surface area (Å²) in [6.45, 7) is 6.75. The Morgan fingerprint density at radius 1 is 0.700 bits per heavy atom. The largest absolute Gasteiger partial charge is 0.497 e. The first-order valence-electron chi connectivity index (χ1n) is 10.1. The molecule has 3 aromatic rings. The summed E-state index contributed by atoms with van der Waals surface area (Å²) < 4.78 is 10.7. The Kier molecular flexibility index (Phi) is 7.79. The van der Waals surface area contributed by atoms with Crippen LogP contribution in [0.15, 0.2) is 72.8 Å². The fourth-order valence-electron chi connectivity index (χ4n) is 3.13. The summed E-state index contributed by atoms with van der Waals surface area (Å²) in [6, 6.07) is 25.7. The fraction of sp³-hybridized carbons (Fsp3) is 0.308. The van der Waals surface area contributed by atoms with Gasteiger partial charge in [-0.3, -0.25) is 0 Å². The Balaban J connectivity index is 1.73. The third kappa shape index (κ3) is 5.99. The summed E-state index contributed by atoms with van der Waals surface area (Å²) in [6.07, 6.45) is 0. The second-order valence-electron chi connectivity index (χ2n) is 8.23. The predicted octanol–water partition coefficient (Wildman–Crippen LogP) is 7.67. The minimum atomic E-state index is 0.189. The zero-order chi connectivity index (χ0) is 21.6. The van der Waals surface area contributed by atoms with Gasteiger partial charge in [0.1, 0.15) is 11.5 Å². The first-order chi connectivity index (χ1) is 14.4. The molecule has 0 bridgehead atoms. The van der Waals surface area contributed by atoms with Crippen LogP contribution in [0.2, 0.25) is 0 Å². The second kappa shape index (κ2) is 10.3. The van der Waals surface area contributed by atoms with Crippen LogP contribution in [-0.4, -0.2) is 14.2 Å². The van der Waals surface area contributed by atoms with E-state index in [1.165, 1.54) is 22.3 Å². The average molecular weight is 439 g/mol. The van der Waals surface area contributed by atoms with Crippen LogP contribution < -0.4 is 9.47 Å². The van der Waals surface area contributed by atoms with Crippen molar-refractivity contribution in [1.82, 2.24) is 0 Å². The highest BCUT2D eigenvalue weighted by Crippen LogP contribution is 2.44. The molecule has 4 heteroatoms. The normalized spacial score (nSPS) is 11.5. The van der Waals surface area contributed by atoms with Gasteiger partial charge in [0.05, 0.1) is 19.5 Å². The van der Waals surface area contributed by atoms with E-state index in [2.05, 4.69) is 69.3 Å². The van der Waals surface area contributed by atoms with Gasteiger partial charge in [-0.05, 0) is 51.9 Å². The number of hydrogen-bond donors (Lipinski definition) is 0. The summed E-state index contributed by atoms with van der Waals surface area (Å²) in [5.41, 5.74) is 5.44. The van der Waals surface area contributed by atoms with Crippen molar-refractivity contribution in [2.45, 2.75) is 37.2 Å². The fourth-order valence-corrected chi connectivity index (χ4v) is 5.89. The van der Waals surface area contributed by atoms with Crippen molar-refractivity contribution in [3.8, 4) is 11.5 Å². The molecule has 0 heterocycles. The van der Waals surface area contributed by atoms with E-state index >= 15 is 0 Å². The monoisotopic (exact) mass is 438 g/mol. The van der Waals surface area contributed by atoms with Gasteiger partial charge in [0.15, 0.2) is 0 Å². The Morgan fingerprint density at radius 3 is 1.57 bits per heavy atom. The minimum absolute atomic E-state index is 0.189. The number of methoxy groups -OCH3 is 2. The molecule has 0 amide bonds. The van der Waals surface area contributed by atoms with Crippen molar-refractivity contribution in [2.75, 3.05) is 14.2 Å². The van der Waals surface area contributed by atoms with Gasteiger partial charge in [-0.15, -0.1) is 0 Å². The highest BCUT2D eigenvalue weighted by atomic mass is 33.1. The topological polar surface area (TPSA) is 18.5 Å². The lowest BCUT2D eigenvalue weighted by molar-refractivity contribution is 0.414. The molecular formula is C26H30O2S2. The molecule has 0 saturated carbocycles. The van der Waals surface area contributed by atoms with Crippen LogP contribution in [0.1, 0.15) is 48.3 Å². The SMILES string of the molecule is COc1ccc(C(SSCc2ccc(C(C)(C)C)cc2)c2ccc(OC)cc2)cc1. The average Bonchev–Trinajstić information content (AvgIpc) is 2.77. The van der Waals surface area contributed by atoms with E-state index in [9.17, 15) is 0 Å². The number of ether oxygens (including phenoxy) is 2. The van der Waals surface area contributed by atoms with E-state index in [-0.39, 0.29) is 10.7 Å². The summed E-state index contributed by atoms with van der Waals surface area (Å²) in [7, 11) is 7.19. The van der Waals surface area contributed by atoms with Gasteiger partial charge in [0.25, 0.3) is 0 Å². The van der Waals surface area contributed by atoms with E-state index in [0.717, 1.165) is 17.3 Å². The lowest BCUT2D eigenvalue weighted by Crippen LogP contribution is -2.10. The maximum absolute atomic E-state index is 5.33. The van der Waals surface area contributed by atoms with Crippen molar-refractivity contribution < 1.29 is 9.47 Å². The molecule has 3 rings (SSSR count). The van der Waals surface area contributed by atoms with Gasteiger partial charge in [0, 0.05) is 5.75 Å². The Bertz CT molecular complexity index is 864. The second-order valence-corrected chi connectivity index (χ2v) is 10.7. The Morgan fingerprint density at radius 2 is 1.17 bits per heavy atom. The van der Waals surface area contributed by atoms with Crippen LogP contribution in [0, 0.1) is 0 Å². The third-order valence-corrected chi connectivity index (χ3v) is 7.71. The van der Waals surface area contributed by atoms with E-state index in [0.29, 0.717) is 0 Å². The molecule has 30 heavy (non-hydrogen) atoms. The maximum atomic E-state index is 5.33. The number of benzene rings is 3. The smallest absolute Gasteiger partial charge is 0.118 e. The molecular weight excluding hydrogens is 408 g/mol. The Labute approximate surface area is 188 Å². The van der Waals surface area contributed by atoms with Crippen LogP contribution >= 0.6 is 21.6 Å². The molecule has 0 saturated heterocycles. The van der Waals surface area contributed by atoms with E-state index < -0.39 is 0 Å². The summed E-state index contributed by atoms with van der Waals surface area (Å²) in [5, 5.41) is 0.237. The van der Waals surface area contributed by atoms with Crippen molar-refractivity contribution >= 4 is 21.6 Å². The molecule has 3 aromatic carbocycles. The Hall–Kier alpha value is -2.04. The molecule has 158 valence electrons. The van der Waals surface area contributed by atoms with Gasteiger partial charge in [-0.25, -0.2) is 0 Å². The third-order valence-electron chi connectivity index (χ3n) is 5.05. The summed E-state index contributed by atoms with van der Waals surface area (Å²) >= 11 is 0. The van der Waals surface area contributed by atoms with E-state index in [1.54, 1.807) is 14.2 Å². The molecule has 0 aromatic heterocycles. The minimum Gasteiger partial charge on any atom is -0.497 e. The number of rotatable bonds is 8. The quantitative estimate of drug-likeness (QED) is 0.336. The molecule has 0 spiro atoms. The standard InChI is InChI=1S/C26H30O2S2/c1-26(2,3)22-12-6-19(7-13-22)18-29-30-25(20-8-14-23(27-4)15-9-20)21-10-16-24(28-5)17-11-21/h6-17,25H,18H2,1-5H3. The van der Waals surface area contributed by atoms with Crippen LogP contribution in [0.25, 0.3) is 0 Å². The van der Waals surface area contributed by atoms with Crippen molar-refractivity contribution in [2.24, 2.45) is 0 Å². The molecule has 0 N–H and O–H groups in total. The molecule has 0 atom stereocenters. The van der Waals surface area contributed by atoms with Crippen molar-refractivity contribution in [3.05, 3.63) is 95.1 Å². The molecule has 0 radical (unpaired) electrons. The highest BCUT2D eigenvalue weighted by Gasteiger charge is 2.17. The summed E-state index contributed by atoms with van der Waals surface area (Å²) in [5.74, 6) is 2.73. The zero-order valence-electron chi connectivity index (χ0n) is 18.3. The van der Waals surface area contributed by atoms with Gasteiger partial charge >= 0.3 is 0 Å². The van der Waals surface area contributed by atoms with Gasteiger partial charge in [-0.2, -0.15) is 0 Å². The molecule has 0 aliphatic rings. The lowest BCUT2D eigenvalue weighted by Gasteiger charge is -2.20. The van der Waals surface area contributed by atoms with E-state index in [4.69, 9.17) is 9.47 Å². The number of hydrogen-bond acceptors (Lipinski definition) is 4. The van der Waals surface area contributed by atoms with Crippen molar-refractivity contribution in [3.63, 3.8) is 0 Å². The van der Waals surface area contributed by atoms with E-state index in [1.807, 2.05) is 45.9 Å². The van der Waals surface area contributed by atoms with Gasteiger partial charge < -0.3 is 9.47 Å². The molecule has 2 nitrogen and oxygen atoms in total.